The molecular formula is C11H12FNO. The minimum absolute atomic E-state index is 0.0700. The first-order valence-corrected chi connectivity index (χ1v) is 4.35. The highest BCUT2D eigenvalue weighted by Crippen LogP contribution is 2.06. The molecular weight excluding hydrogens is 181 g/mol. The molecule has 0 atom stereocenters. The van der Waals surface area contributed by atoms with E-state index in [1.165, 1.54) is 6.07 Å². The number of hydrogen-bond acceptors (Lipinski definition) is 1. The van der Waals surface area contributed by atoms with Crippen LogP contribution in [0.1, 0.15) is 5.56 Å². The Labute approximate surface area is 82.4 Å². The van der Waals surface area contributed by atoms with Gasteiger partial charge in [-0.15, -0.1) is 6.58 Å². The van der Waals surface area contributed by atoms with Crippen LogP contribution in [0.25, 0.3) is 0 Å². The molecule has 2 nitrogen and oxygen atoms in total. The normalized spacial score (nSPS) is 9.50. The van der Waals surface area contributed by atoms with E-state index in [1.807, 2.05) is 0 Å². The second kappa shape index (κ2) is 5.17. The SMILES string of the molecule is C=CCNC(=O)Cc1ccccc1F. The molecule has 0 heterocycles. The first-order valence-electron chi connectivity index (χ1n) is 4.35. The maximum absolute atomic E-state index is 13.1. The Hall–Kier alpha value is -1.64. The second-order valence-corrected chi connectivity index (χ2v) is 2.86. The predicted octanol–water partition coefficient (Wildman–Crippen LogP) is 1.67. The summed E-state index contributed by atoms with van der Waals surface area (Å²) in [6.45, 7) is 3.88. The van der Waals surface area contributed by atoms with E-state index in [-0.39, 0.29) is 18.1 Å². The molecule has 1 N–H and O–H groups in total. The molecule has 1 aromatic rings. The molecule has 0 bridgehead atoms. The van der Waals surface area contributed by atoms with Gasteiger partial charge in [-0.3, -0.25) is 4.79 Å². The Balaban J connectivity index is 2.56. The zero-order chi connectivity index (χ0) is 10.4. The average molecular weight is 193 g/mol. The molecule has 0 fully saturated rings. The van der Waals surface area contributed by atoms with Crippen LogP contribution in [0.15, 0.2) is 36.9 Å². The zero-order valence-electron chi connectivity index (χ0n) is 7.79. The summed E-state index contributed by atoms with van der Waals surface area (Å²) in [6.07, 6.45) is 1.65. The summed E-state index contributed by atoms with van der Waals surface area (Å²) in [7, 11) is 0. The summed E-state index contributed by atoms with van der Waals surface area (Å²) in [5, 5.41) is 2.58. The fourth-order valence-electron chi connectivity index (χ4n) is 1.06. The van der Waals surface area contributed by atoms with Crippen LogP contribution < -0.4 is 5.32 Å². The van der Waals surface area contributed by atoms with Crippen molar-refractivity contribution < 1.29 is 9.18 Å². The molecule has 74 valence electrons. The van der Waals surface area contributed by atoms with Gasteiger partial charge >= 0.3 is 0 Å². The Morgan fingerprint density at radius 1 is 1.50 bits per heavy atom. The van der Waals surface area contributed by atoms with Gasteiger partial charge < -0.3 is 5.32 Å². The van der Waals surface area contributed by atoms with Crippen LogP contribution in [0.3, 0.4) is 0 Å². The average Bonchev–Trinajstić information content (AvgIpc) is 2.18. The molecule has 0 spiro atoms. The Morgan fingerprint density at radius 3 is 2.86 bits per heavy atom. The van der Waals surface area contributed by atoms with Gasteiger partial charge in [0.15, 0.2) is 0 Å². The summed E-state index contributed by atoms with van der Waals surface area (Å²) in [5.41, 5.74) is 0.411. The molecule has 1 amide bonds. The quantitative estimate of drug-likeness (QED) is 0.724. The number of hydrogen-bond donors (Lipinski definition) is 1. The molecule has 0 aromatic heterocycles. The number of nitrogens with one attached hydrogen (secondary N) is 1. The van der Waals surface area contributed by atoms with Crippen molar-refractivity contribution >= 4 is 5.91 Å². The number of rotatable bonds is 4. The van der Waals surface area contributed by atoms with Crippen LogP contribution in [0, 0.1) is 5.82 Å². The lowest BCUT2D eigenvalue weighted by Gasteiger charge is -2.03. The topological polar surface area (TPSA) is 29.1 Å². The lowest BCUT2D eigenvalue weighted by molar-refractivity contribution is -0.120. The monoisotopic (exact) mass is 193 g/mol. The van der Waals surface area contributed by atoms with Gasteiger partial charge in [-0.1, -0.05) is 24.3 Å². The molecule has 0 aliphatic carbocycles. The molecule has 0 radical (unpaired) electrons. The van der Waals surface area contributed by atoms with Crippen molar-refractivity contribution in [2.75, 3.05) is 6.54 Å². The van der Waals surface area contributed by atoms with E-state index in [0.717, 1.165) is 0 Å². The Kier molecular flexibility index (Phi) is 3.85. The number of amides is 1. The summed E-state index contributed by atoms with van der Waals surface area (Å²) in [5.74, 6) is -0.545. The van der Waals surface area contributed by atoms with Crippen molar-refractivity contribution in [2.24, 2.45) is 0 Å². The van der Waals surface area contributed by atoms with Gasteiger partial charge in [-0.25, -0.2) is 4.39 Å². The lowest BCUT2D eigenvalue weighted by atomic mass is 10.1. The smallest absolute Gasteiger partial charge is 0.224 e. The highest BCUT2D eigenvalue weighted by Gasteiger charge is 2.05. The van der Waals surface area contributed by atoms with E-state index in [2.05, 4.69) is 11.9 Å². The summed E-state index contributed by atoms with van der Waals surface area (Å²) >= 11 is 0. The van der Waals surface area contributed by atoms with Gasteiger partial charge in [0.1, 0.15) is 5.82 Å². The molecule has 0 saturated heterocycles. The summed E-state index contributed by atoms with van der Waals surface area (Å²) in [4.78, 5) is 11.2. The molecule has 0 aliphatic rings. The van der Waals surface area contributed by atoms with E-state index in [9.17, 15) is 9.18 Å². The molecule has 1 rings (SSSR count). The van der Waals surface area contributed by atoms with E-state index in [4.69, 9.17) is 0 Å². The molecule has 0 unspecified atom stereocenters. The third-order valence-electron chi connectivity index (χ3n) is 1.75. The Morgan fingerprint density at radius 2 is 2.21 bits per heavy atom. The van der Waals surface area contributed by atoms with E-state index in [1.54, 1.807) is 24.3 Å². The van der Waals surface area contributed by atoms with Crippen LogP contribution >= 0.6 is 0 Å². The standard InChI is InChI=1S/C11H12FNO/c1-2-7-13-11(14)8-9-5-3-4-6-10(9)12/h2-6H,1,7-8H2,(H,13,14). The van der Waals surface area contributed by atoms with Crippen molar-refractivity contribution in [2.45, 2.75) is 6.42 Å². The molecule has 3 heteroatoms. The highest BCUT2D eigenvalue weighted by atomic mass is 19.1. The highest BCUT2D eigenvalue weighted by molar-refractivity contribution is 5.78. The maximum atomic E-state index is 13.1. The number of halogens is 1. The van der Waals surface area contributed by atoms with Crippen molar-refractivity contribution in [1.82, 2.24) is 5.32 Å². The van der Waals surface area contributed by atoms with Crippen molar-refractivity contribution in [3.05, 3.63) is 48.3 Å². The third kappa shape index (κ3) is 3.01. The van der Waals surface area contributed by atoms with E-state index < -0.39 is 0 Å². The molecule has 14 heavy (non-hydrogen) atoms. The number of carbonyl (C=O) groups excluding carboxylic acids is 1. The maximum Gasteiger partial charge on any atom is 0.224 e. The fraction of sp³-hybridized carbons (Fsp3) is 0.182. The van der Waals surface area contributed by atoms with Crippen LogP contribution in [-0.4, -0.2) is 12.5 Å². The number of benzene rings is 1. The van der Waals surface area contributed by atoms with Crippen molar-refractivity contribution in [3.8, 4) is 0 Å². The largest absolute Gasteiger partial charge is 0.352 e. The zero-order valence-corrected chi connectivity index (χ0v) is 7.79. The molecule has 0 aliphatic heterocycles. The number of carbonyl (C=O) groups is 1. The van der Waals surface area contributed by atoms with Gasteiger partial charge in [-0.2, -0.15) is 0 Å². The minimum Gasteiger partial charge on any atom is -0.352 e. The summed E-state index contributed by atoms with van der Waals surface area (Å²) in [6, 6.07) is 6.25. The van der Waals surface area contributed by atoms with Crippen molar-refractivity contribution in [3.63, 3.8) is 0 Å². The second-order valence-electron chi connectivity index (χ2n) is 2.86. The lowest BCUT2D eigenvalue weighted by Crippen LogP contribution is -2.25. The van der Waals surface area contributed by atoms with Crippen LogP contribution in [0.5, 0.6) is 0 Å². The van der Waals surface area contributed by atoms with Crippen molar-refractivity contribution in [1.29, 1.82) is 0 Å². The fourth-order valence-corrected chi connectivity index (χ4v) is 1.06. The first kappa shape index (κ1) is 10.4. The van der Waals surface area contributed by atoms with Crippen LogP contribution in [0.4, 0.5) is 4.39 Å². The van der Waals surface area contributed by atoms with Crippen LogP contribution in [0.2, 0.25) is 0 Å². The molecule has 1 aromatic carbocycles. The summed E-state index contributed by atoms with van der Waals surface area (Å²) < 4.78 is 13.1. The molecule has 0 saturated carbocycles. The van der Waals surface area contributed by atoms with Gasteiger partial charge in [0.05, 0.1) is 6.42 Å². The minimum atomic E-state index is -0.346. The van der Waals surface area contributed by atoms with E-state index in [0.29, 0.717) is 12.1 Å². The van der Waals surface area contributed by atoms with Gasteiger partial charge in [-0.05, 0) is 11.6 Å². The van der Waals surface area contributed by atoms with Gasteiger partial charge in [0.2, 0.25) is 5.91 Å². The van der Waals surface area contributed by atoms with Gasteiger partial charge in [0.25, 0.3) is 0 Å². The van der Waals surface area contributed by atoms with Crippen LogP contribution in [-0.2, 0) is 11.2 Å². The predicted molar refractivity (Wildman–Crippen MR) is 53.3 cm³/mol. The first-order chi connectivity index (χ1) is 6.74. The van der Waals surface area contributed by atoms with Gasteiger partial charge in [0, 0.05) is 6.54 Å². The van der Waals surface area contributed by atoms with E-state index >= 15 is 0 Å². The third-order valence-corrected chi connectivity index (χ3v) is 1.75. The Bertz CT molecular complexity index is 336.